The molecule has 3 aromatic rings. The molecule has 0 aliphatic heterocycles. The van der Waals surface area contributed by atoms with E-state index in [9.17, 15) is 0 Å². The topological polar surface area (TPSA) is 126 Å². The van der Waals surface area contributed by atoms with E-state index < -0.39 is 0 Å². The summed E-state index contributed by atoms with van der Waals surface area (Å²) in [4.78, 5) is 0. The van der Waals surface area contributed by atoms with Crippen molar-refractivity contribution >= 4 is 11.4 Å². The van der Waals surface area contributed by atoms with E-state index in [0.717, 1.165) is 17.3 Å². The third-order valence-corrected chi connectivity index (χ3v) is 4.43. The number of hydrogen-bond donors (Lipinski definition) is 4. The monoisotopic (exact) mass is 356 g/mol. The Morgan fingerprint density at radius 3 is 2.65 bits per heavy atom. The number of aromatic nitrogens is 4. The van der Waals surface area contributed by atoms with E-state index in [4.69, 9.17) is 15.3 Å². The van der Waals surface area contributed by atoms with Gasteiger partial charge >= 0.3 is 0 Å². The number of rotatable bonds is 3. The van der Waals surface area contributed by atoms with E-state index in [1.54, 1.807) is 31.4 Å². The van der Waals surface area contributed by atoms with Crippen LogP contribution in [-0.4, -0.2) is 32.5 Å². The maximum Gasteiger partial charge on any atom is 0.265 e. The van der Waals surface area contributed by atoms with Gasteiger partial charge in [-0.05, 0) is 31.0 Å². The van der Waals surface area contributed by atoms with E-state index in [0.29, 0.717) is 17.5 Å². The maximum absolute atomic E-state index is 8.97. The average Bonchev–Trinajstić information content (AvgIpc) is 3.36. The van der Waals surface area contributed by atoms with Crippen molar-refractivity contribution in [1.29, 1.82) is 0 Å². The highest BCUT2D eigenvalue weighted by Gasteiger charge is 2.21. The molecule has 0 saturated heterocycles. The van der Waals surface area contributed by atoms with Gasteiger partial charge in [-0.25, -0.2) is 0 Å². The van der Waals surface area contributed by atoms with Crippen molar-refractivity contribution in [3.05, 3.63) is 36.4 Å². The average molecular weight is 356 g/mol. The molecule has 1 aliphatic rings. The molecule has 2 heterocycles. The first-order valence-corrected chi connectivity index (χ1v) is 8.76. The van der Waals surface area contributed by atoms with Crippen LogP contribution < -0.4 is 11.1 Å². The largest absolute Gasteiger partial charge is 0.508 e. The molecule has 0 unspecified atom stereocenters. The minimum absolute atomic E-state index is 0.221. The predicted octanol–water partition coefficient (Wildman–Crippen LogP) is 3.52. The molecule has 0 amide bonds. The van der Waals surface area contributed by atoms with Gasteiger partial charge in [0.15, 0.2) is 0 Å². The SMILES string of the molecule is CNc1cc(O)ccc1N.c1cc(-c2nnc(C3CCCCC3)o2)[nH]n1. The van der Waals surface area contributed by atoms with Crippen LogP contribution in [0.3, 0.4) is 0 Å². The van der Waals surface area contributed by atoms with Crippen LogP contribution in [0.15, 0.2) is 34.9 Å². The number of phenolic OH excluding ortho intramolecular Hbond substituents is 1. The molecule has 8 nitrogen and oxygen atoms in total. The number of aromatic amines is 1. The van der Waals surface area contributed by atoms with Crippen molar-refractivity contribution in [3.8, 4) is 17.3 Å². The smallest absolute Gasteiger partial charge is 0.265 e. The van der Waals surface area contributed by atoms with E-state index in [2.05, 4.69) is 25.7 Å². The van der Waals surface area contributed by atoms with Crippen molar-refractivity contribution in [2.75, 3.05) is 18.1 Å². The molecule has 5 N–H and O–H groups in total. The minimum atomic E-state index is 0.221. The summed E-state index contributed by atoms with van der Waals surface area (Å²) >= 11 is 0. The summed E-state index contributed by atoms with van der Waals surface area (Å²) < 4.78 is 5.67. The molecule has 8 heteroatoms. The number of hydrogen-bond acceptors (Lipinski definition) is 7. The highest BCUT2D eigenvalue weighted by molar-refractivity contribution is 5.67. The molecule has 1 saturated carbocycles. The standard InChI is InChI=1S/C11H14N4O.C7H10N2O/c1-2-4-8(5-3-1)10-14-15-11(16-10)9-6-7-12-13-9;1-9-7-4-5(10)2-3-6(7)8/h6-8H,1-5H2,(H,12,13);2-4,9-10H,8H2,1H3. The summed E-state index contributed by atoms with van der Waals surface area (Å²) in [6, 6.07) is 6.62. The lowest BCUT2D eigenvalue weighted by atomic mass is 9.89. The second-order valence-electron chi connectivity index (χ2n) is 6.27. The fourth-order valence-corrected chi connectivity index (χ4v) is 2.99. The van der Waals surface area contributed by atoms with Crippen LogP contribution in [0.5, 0.6) is 5.75 Å². The van der Waals surface area contributed by atoms with E-state index in [-0.39, 0.29) is 5.75 Å². The van der Waals surface area contributed by atoms with Gasteiger partial charge in [0.25, 0.3) is 5.89 Å². The lowest BCUT2D eigenvalue weighted by Gasteiger charge is -2.17. The van der Waals surface area contributed by atoms with Crippen LogP contribution in [-0.2, 0) is 0 Å². The molecule has 1 aromatic carbocycles. The highest BCUT2D eigenvalue weighted by Crippen LogP contribution is 2.32. The number of anilines is 2. The van der Waals surface area contributed by atoms with Gasteiger partial charge in [-0.15, -0.1) is 10.2 Å². The van der Waals surface area contributed by atoms with Gasteiger partial charge in [0.2, 0.25) is 5.89 Å². The van der Waals surface area contributed by atoms with E-state index in [1.165, 1.54) is 32.1 Å². The van der Waals surface area contributed by atoms with Crippen molar-refractivity contribution in [1.82, 2.24) is 20.4 Å². The van der Waals surface area contributed by atoms with Gasteiger partial charge in [-0.2, -0.15) is 5.10 Å². The van der Waals surface area contributed by atoms with E-state index in [1.807, 2.05) is 6.07 Å². The van der Waals surface area contributed by atoms with Gasteiger partial charge in [0.05, 0.1) is 11.4 Å². The van der Waals surface area contributed by atoms with Crippen LogP contribution in [0, 0.1) is 0 Å². The normalized spacial score (nSPS) is 14.5. The van der Waals surface area contributed by atoms with Crippen molar-refractivity contribution in [2.24, 2.45) is 0 Å². The van der Waals surface area contributed by atoms with Crippen LogP contribution in [0.2, 0.25) is 0 Å². The summed E-state index contributed by atoms with van der Waals surface area (Å²) in [5.74, 6) is 2.00. The fourth-order valence-electron chi connectivity index (χ4n) is 2.99. The molecular formula is C18H24N6O2. The number of nitrogens with one attached hydrogen (secondary N) is 2. The molecule has 0 spiro atoms. The molecule has 26 heavy (non-hydrogen) atoms. The molecule has 0 bridgehead atoms. The molecule has 2 aromatic heterocycles. The Hall–Kier alpha value is -3.03. The number of aromatic hydroxyl groups is 1. The molecule has 0 atom stereocenters. The first-order chi connectivity index (χ1) is 12.7. The first-order valence-electron chi connectivity index (χ1n) is 8.76. The van der Waals surface area contributed by atoms with Gasteiger partial charge in [0, 0.05) is 25.2 Å². The number of benzene rings is 1. The molecule has 0 radical (unpaired) electrons. The Balaban J connectivity index is 0.000000170. The molecule has 1 fully saturated rings. The van der Waals surface area contributed by atoms with Gasteiger partial charge < -0.3 is 20.6 Å². The van der Waals surface area contributed by atoms with E-state index >= 15 is 0 Å². The van der Waals surface area contributed by atoms with Crippen LogP contribution in [0.25, 0.3) is 11.6 Å². The Morgan fingerprint density at radius 2 is 2.00 bits per heavy atom. The number of nitrogens with zero attached hydrogens (tertiary/aromatic N) is 3. The van der Waals surface area contributed by atoms with Gasteiger partial charge in [0.1, 0.15) is 11.4 Å². The number of nitrogen functional groups attached to an aromatic ring is 1. The summed E-state index contributed by atoms with van der Waals surface area (Å²) in [5.41, 5.74) is 7.70. The molecule has 138 valence electrons. The molecular weight excluding hydrogens is 332 g/mol. The molecule has 4 rings (SSSR count). The number of nitrogens with two attached hydrogens (primary N) is 1. The summed E-state index contributed by atoms with van der Waals surface area (Å²) in [7, 11) is 1.76. The summed E-state index contributed by atoms with van der Waals surface area (Å²) in [6.07, 6.45) is 7.89. The zero-order chi connectivity index (χ0) is 18.4. The van der Waals surface area contributed by atoms with Gasteiger partial charge in [-0.1, -0.05) is 19.3 Å². The molecule has 1 aliphatic carbocycles. The van der Waals surface area contributed by atoms with Crippen LogP contribution in [0.4, 0.5) is 11.4 Å². The van der Waals surface area contributed by atoms with Crippen molar-refractivity contribution < 1.29 is 9.52 Å². The minimum Gasteiger partial charge on any atom is -0.508 e. The van der Waals surface area contributed by atoms with Crippen molar-refractivity contribution in [3.63, 3.8) is 0 Å². The van der Waals surface area contributed by atoms with Crippen LogP contribution in [0.1, 0.15) is 43.9 Å². The predicted molar refractivity (Wildman–Crippen MR) is 99.8 cm³/mol. The Kier molecular flexibility index (Phi) is 5.73. The lowest BCUT2D eigenvalue weighted by Crippen LogP contribution is -2.04. The third kappa shape index (κ3) is 4.33. The first kappa shape index (κ1) is 17.8. The third-order valence-electron chi connectivity index (χ3n) is 4.43. The van der Waals surface area contributed by atoms with Gasteiger partial charge in [-0.3, -0.25) is 5.10 Å². The second kappa shape index (κ2) is 8.37. The Labute approximate surface area is 151 Å². The highest BCUT2D eigenvalue weighted by atomic mass is 16.4. The number of phenols is 1. The zero-order valence-electron chi connectivity index (χ0n) is 14.8. The second-order valence-corrected chi connectivity index (χ2v) is 6.27. The summed E-state index contributed by atoms with van der Waals surface area (Å²) in [6.45, 7) is 0. The maximum atomic E-state index is 8.97. The number of H-pyrrole nitrogens is 1. The lowest BCUT2D eigenvalue weighted by molar-refractivity contribution is 0.367. The zero-order valence-corrected chi connectivity index (χ0v) is 14.8. The fraction of sp³-hybridized carbons (Fsp3) is 0.389. The Morgan fingerprint density at radius 1 is 1.19 bits per heavy atom. The Bertz CT molecular complexity index is 809. The van der Waals surface area contributed by atoms with Crippen LogP contribution >= 0.6 is 0 Å². The van der Waals surface area contributed by atoms with Crippen molar-refractivity contribution in [2.45, 2.75) is 38.0 Å². The summed E-state index contributed by atoms with van der Waals surface area (Å²) in [5, 5.41) is 26.7. The quantitative estimate of drug-likeness (QED) is 0.418.